The van der Waals surface area contributed by atoms with Gasteiger partial charge in [-0.3, -0.25) is 5.10 Å². The number of H-pyrrole nitrogens is 1. The number of hydrogen-bond donors (Lipinski definition) is 1. The van der Waals surface area contributed by atoms with Crippen LogP contribution < -0.4 is 5.19 Å². The lowest BCUT2D eigenvalue weighted by atomic mass is 10.3. The Morgan fingerprint density at radius 1 is 1.31 bits per heavy atom. The molecular formula is C10H13N2Si. The molecule has 1 aromatic carbocycles. The lowest BCUT2D eigenvalue weighted by Gasteiger charge is -2.16. The summed E-state index contributed by atoms with van der Waals surface area (Å²) in [7, 11) is -1.25. The maximum absolute atomic E-state index is 3.95. The molecule has 0 bridgehead atoms. The van der Waals surface area contributed by atoms with Crippen LogP contribution in [0.4, 0.5) is 0 Å². The molecule has 2 rings (SSSR count). The number of aromatic amines is 1. The smallest absolute Gasteiger partial charge is 0.121 e. The van der Waals surface area contributed by atoms with E-state index in [0.29, 0.717) is 0 Å². The molecule has 1 aromatic heterocycles. The molecule has 2 aromatic rings. The average Bonchev–Trinajstić information content (AvgIpc) is 2.48. The second-order valence-electron chi connectivity index (χ2n) is 4.31. The van der Waals surface area contributed by atoms with Crippen molar-refractivity contribution in [2.24, 2.45) is 0 Å². The number of rotatable bonds is 1. The van der Waals surface area contributed by atoms with Crippen LogP contribution in [0.1, 0.15) is 0 Å². The molecule has 0 unspecified atom stereocenters. The van der Waals surface area contributed by atoms with Gasteiger partial charge in [0.2, 0.25) is 0 Å². The van der Waals surface area contributed by atoms with Crippen molar-refractivity contribution in [2.75, 3.05) is 0 Å². The van der Waals surface area contributed by atoms with Crippen LogP contribution in [-0.2, 0) is 0 Å². The summed E-state index contributed by atoms with van der Waals surface area (Å²) in [6.45, 7) is 7.01. The fourth-order valence-electron chi connectivity index (χ4n) is 1.54. The number of nitrogens with one attached hydrogen (secondary N) is 1. The van der Waals surface area contributed by atoms with Crippen molar-refractivity contribution in [3.05, 3.63) is 24.4 Å². The van der Waals surface area contributed by atoms with E-state index in [9.17, 15) is 0 Å². The molecule has 0 saturated carbocycles. The molecule has 1 N–H and O–H groups in total. The molecule has 3 heteroatoms. The molecule has 0 spiro atoms. The number of aromatic nitrogens is 2. The number of benzene rings is 1. The summed E-state index contributed by atoms with van der Waals surface area (Å²) < 4.78 is 0. The van der Waals surface area contributed by atoms with E-state index in [1.807, 2.05) is 6.07 Å². The van der Waals surface area contributed by atoms with E-state index in [2.05, 4.69) is 48.2 Å². The minimum absolute atomic E-state index is 1.10. The van der Waals surface area contributed by atoms with Gasteiger partial charge in [0.25, 0.3) is 0 Å². The van der Waals surface area contributed by atoms with Gasteiger partial charge in [-0.15, -0.1) is 0 Å². The maximum atomic E-state index is 3.95. The third-order valence-corrected chi connectivity index (χ3v) is 4.25. The van der Waals surface area contributed by atoms with Gasteiger partial charge in [-0.05, 0) is 11.3 Å². The zero-order valence-corrected chi connectivity index (χ0v) is 9.18. The average molecular weight is 189 g/mol. The summed E-state index contributed by atoms with van der Waals surface area (Å²) in [5, 5.41) is 9.49. The van der Waals surface area contributed by atoms with Gasteiger partial charge in [-0.2, -0.15) is 5.10 Å². The fraction of sp³-hybridized carbons (Fsp3) is 0.300. The molecule has 0 amide bonds. The summed E-state index contributed by atoms with van der Waals surface area (Å²) in [5.74, 6) is 0. The highest BCUT2D eigenvalue weighted by Gasteiger charge is 2.19. The molecular weight excluding hydrogens is 176 g/mol. The Labute approximate surface area is 79.0 Å². The minimum atomic E-state index is -1.25. The molecule has 1 heterocycles. The Kier molecular flexibility index (Phi) is 1.77. The highest BCUT2D eigenvalue weighted by Crippen LogP contribution is 2.12. The van der Waals surface area contributed by atoms with Crippen molar-refractivity contribution in [1.29, 1.82) is 0 Å². The Morgan fingerprint density at radius 3 is 2.77 bits per heavy atom. The minimum Gasteiger partial charge on any atom is -0.277 e. The van der Waals surface area contributed by atoms with Gasteiger partial charge in [-0.1, -0.05) is 31.8 Å². The first-order valence-corrected chi connectivity index (χ1v) is 7.94. The molecule has 0 fully saturated rings. The van der Waals surface area contributed by atoms with Crippen LogP contribution in [-0.4, -0.2) is 18.3 Å². The molecule has 0 saturated heterocycles. The Hall–Kier alpha value is -1.09. The molecule has 67 valence electrons. The van der Waals surface area contributed by atoms with Crippen LogP contribution in [0.2, 0.25) is 19.6 Å². The van der Waals surface area contributed by atoms with Crippen molar-refractivity contribution in [2.45, 2.75) is 19.6 Å². The van der Waals surface area contributed by atoms with Gasteiger partial charge in [0.05, 0.1) is 13.6 Å². The van der Waals surface area contributed by atoms with Crippen molar-refractivity contribution in [3.8, 4) is 0 Å². The zero-order chi connectivity index (χ0) is 9.47. The Balaban J connectivity index is 2.75. The van der Waals surface area contributed by atoms with Crippen LogP contribution >= 0.6 is 0 Å². The van der Waals surface area contributed by atoms with E-state index in [-0.39, 0.29) is 0 Å². The predicted octanol–water partition coefficient (Wildman–Crippen LogP) is 1.91. The second-order valence-corrected chi connectivity index (χ2v) is 9.35. The number of nitrogens with zero attached hydrogens (tertiary/aromatic N) is 1. The normalized spacial score (nSPS) is 12.2. The second kappa shape index (κ2) is 2.70. The molecule has 1 radical (unpaired) electrons. The van der Waals surface area contributed by atoms with Crippen molar-refractivity contribution < 1.29 is 0 Å². The van der Waals surface area contributed by atoms with Crippen LogP contribution in [0.3, 0.4) is 0 Å². The van der Waals surface area contributed by atoms with Crippen molar-refractivity contribution >= 4 is 24.2 Å². The third kappa shape index (κ3) is 1.39. The fourth-order valence-corrected chi connectivity index (χ4v) is 3.07. The van der Waals surface area contributed by atoms with Gasteiger partial charge in [-0.25, -0.2) is 0 Å². The van der Waals surface area contributed by atoms with Crippen molar-refractivity contribution in [1.82, 2.24) is 10.2 Å². The van der Waals surface area contributed by atoms with Gasteiger partial charge in [0.15, 0.2) is 0 Å². The summed E-state index contributed by atoms with van der Waals surface area (Å²) >= 11 is 0. The first-order chi connectivity index (χ1) is 6.09. The summed E-state index contributed by atoms with van der Waals surface area (Å²) in [4.78, 5) is 0. The lowest BCUT2D eigenvalue weighted by Crippen LogP contribution is -2.37. The topological polar surface area (TPSA) is 28.7 Å². The van der Waals surface area contributed by atoms with Gasteiger partial charge in [0, 0.05) is 5.39 Å². The summed E-state index contributed by atoms with van der Waals surface area (Å²) in [6, 6.07) is 6.32. The van der Waals surface area contributed by atoms with E-state index >= 15 is 0 Å². The van der Waals surface area contributed by atoms with E-state index < -0.39 is 8.07 Å². The van der Waals surface area contributed by atoms with Crippen LogP contribution in [0.25, 0.3) is 10.9 Å². The number of fused-ring (bicyclic) bond motifs is 1. The zero-order valence-electron chi connectivity index (χ0n) is 8.18. The molecule has 0 atom stereocenters. The van der Waals surface area contributed by atoms with E-state index in [4.69, 9.17) is 0 Å². The Morgan fingerprint density at radius 2 is 2.08 bits per heavy atom. The van der Waals surface area contributed by atoms with Gasteiger partial charge in [0.1, 0.15) is 6.20 Å². The predicted molar refractivity (Wildman–Crippen MR) is 57.9 cm³/mol. The van der Waals surface area contributed by atoms with Crippen LogP contribution in [0.5, 0.6) is 0 Å². The standard InChI is InChI=1S/C10H13N2Si/c1-13(2,3)10-6-4-5-9-8(10)7-11-12-9/h4-6H,1-3H3,(H,11,12). The quantitative estimate of drug-likeness (QED) is 0.682. The van der Waals surface area contributed by atoms with Crippen LogP contribution in [0, 0.1) is 6.20 Å². The molecule has 0 aliphatic rings. The summed E-state index contributed by atoms with van der Waals surface area (Å²) in [6.07, 6.45) is 3.02. The van der Waals surface area contributed by atoms with E-state index in [0.717, 1.165) is 5.52 Å². The largest absolute Gasteiger partial charge is 0.277 e. The number of hydrogen-bond acceptors (Lipinski definition) is 1. The Bertz CT molecular complexity index is 426. The van der Waals surface area contributed by atoms with Gasteiger partial charge >= 0.3 is 0 Å². The van der Waals surface area contributed by atoms with E-state index in [1.54, 1.807) is 0 Å². The van der Waals surface area contributed by atoms with Crippen LogP contribution in [0.15, 0.2) is 18.2 Å². The maximum Gasteiger partial charge on any atom is 0.121 e. The molecule has 2 nitrogen and oxygen atoms in total. The SMILES string of the molecule is C[Si](C)(C)c1cccc2[nH]n[c]c12. The monoisotopic (exact) mass is 189 g/mol. The molecule has 13 heavy (non-hydrogen) atoms. The molecule has 0 aliphatic carbocycles. The first kappa shape index (κ1) is 8.50. The lowest BCUT2D eigenvalue weighted by molar-refractivity contribution is 1.11. The molecule has 0 aliphatic heterocycles. The van der Waals surface area contributed by atoms with E-state index in [1.165, 1.54) is 10.6 Å². The highest BCUT2D eigenvalue weighted by atomic mass is 28.3. The van der Waals surface area contributed by atoms with Crippen molar-refractivity contribution in [3.63, 3.8) is 0 Å². The third-order valence-electron chi connectivity index (χ3n) is 2.22. The summed E-state index contributed by atoms with van der Waals surface area (Å²) in [5.41, 5.74) is 1.10. The van der Waals surface area contributed by atoms with Gasteiger partial charge < -0.3 is 0 Å². The first-order valence-electron chi connectivity index (χ1n) is 4.44. The highest BCUT2D eigenvalue weighted by molar-refractivity contribution is 6.90.